The van der Waals surface area contributed by atoms with Crippen molar-refractivity contribution in [2.45, 2.75) is 11.8 Å². The molecule has 0 bridgehead atoms. The summed E-state index contributed by atoms with van der Waals surface area (Å²) in [6.07, 6.45) is 0. The first-order valence-corrected chi connectivity index (χ1v) is 6.64. The molecule has 0 aliphatic carbocycles. The Kier molecular flexibility index (Phi) is 4.41. The van der Waals surface area contributed by atoms with Crippen LogP contribution in [0.2, 0.25) is 5.02 Å². The summed E-state index contributed by atoms with van der Waals surface area (Å²) in [6, 6.07) is 6.94. The fraction of sp³-hybridized carbons (Fsp3) is 0.182. The Labute approximate surface area is 118 Å². The molecule has 6 nitrogen and oxygen atoms in total. The van der Waals surface area contributed by atoms with Gasteiger partial charge in [0, 0.05) is 5.02 Å². The average molecular weight is 300 g/mol. The minimum atomic E-state index is -0.948. The smallest absolute Gasteiger partial charge is 0.313 e. The Morgan fingerprint density at radius 3 is 2.84 bits per heavy atom. The van der Waals surface area contributed by atoms with E-state index in [2.05, 4.69) is 10.2 Å². The number of thioether (sulfide) groups is 1. The van der Waals surface area contributed by atoms with Crippen molar-refractivity contribution in [3.05, 3.63) is 35.1 Å². The van der Waals surface area contributed by atoms with Crippen LogP contribution in [0.5, 0.6) is 0 Å². The number of nitrogens with zero attached hydrogens (tertiary/aromatic N) is 3. The molecule has 2 rings (SSSR count). The summed E-state index contributed by atoms with van der Waals surface area (Å²) in [5, 5.41) is 26.6. The lowest BCUT2D eigenvalue weighted by Crippen LogP contribution is -2.04. The maximum absolute atomic E-state index is 10.6. The average Bonchev–Trinajstić information content (AvgIpc) is 2.79. The van der Waals surface area contributed by atoms with Crippen LogP contribution in [0.1, 0.15) is 5.82 Å². The molecule has 100 valence electrons. The molecule has 1 aromatic carbocycles. The number of aliphatic hydroxyl groups excluding tert-OH is 1. The van der Waals surface area contributed by atoms with Gasteiger partial charge in [0.05, 0.1) is 11.4 Å². The molecule has 0 saturated carbocycles. The molecular formula is C11H10ClN3O3S. The molecule has 0 aliphatic heterocycles. The zero-order chi connectivity index (χ0) is 13.8. The van der Waals surface area contributed by atoms with E-state index in [9.17, 15) is 9.90 Å². The Balaban J connectivity index is 2.41. The number of aliphatic hydroxyl groups is 1. The first-order valence-electron chi connectivity index (χ1n) is 5.27. The van der Waals surface area contributed by atoms with Crippen LogP contribution in [0.4, 0.5) is 0 Å². The number of benzene rings is 1. The summed E-state index contributed by atoms with van der Waals surface area (Å²) in [7, 11) is 0. The van der Waals surface area contributed by atoms with Crippen molar-refractivity contribution in [2.75, 3.05) is 5.75 Å². The fourth-order valence-electron chi connectivity index (χ4n) is 1.50. The predicted molar refractivity (Wildman–Crippen MR) is 70.7 cm³/mol. The topological polar surface area (TPSA) is 88.2 Å². The van der Waals surface area contributed by atoms with E-state index in [1.54, 1.807) is 28.8 Å². The van der Waals surface area contributed by atoms with Crippen LogP contribution in [-0.4, -0.2) is 36.7 Å². The Morgan fingerprint density at radius 2 is 2.21 bits per heavy atom. The largest absolute Gasteiger partial charge is 0.481 e. The van der Waals surface area contributed by atoms with Crippen LogP contribution in [0.25, 0.3) is 5.69 Å². The van der Waals surface area contributed by atoms with Gasteiger partial charge in [-0.25, -0.2) is 0 Å². The van der Waals surface area contributed by atoms with E-state index in [1.165, 1.54) is 0 Å². The number of aliphatic carboxylic acids is 1. The predicted octanol–water partition coefficient (Wildman–Crippen LogP) is 1.59. The van der Waals surface area contributed by atoms with Crippen LogP contribution in [0, 0.1) is 0 Å². The molecule has 0 atom stereocenters. The van der Waals surface area contributed by atoms with Crippen molar-refractivity contribution in [1.82, 2.24) is 14.8 Å². The van der Waals surface area contributed by atoms with Crippen molar-refractivity contribution in [1.29, 1.82) is 0 Å². The van der Waals surface area contributed by atoms with Crippen LogP contribution in [-0.2, 0) is 11.4 Å². The summed E-state index contributed by atoms with van der Waals surface area (Å²) in [5.41, 5.74) is 0.675. The molecule has 2 N–H and O–H groups in total. The standard InChI is InChI=1S/C11H10ClN3O3S/c12-7-2-1-3-8(4-7)15-9(5-16)13-14-11(15)19-6-10(17)18/h1-4,16H,5-6H2,(H,17,18). The number of carboxylic acid groups (broad SMARTS) is 1. The number of hydrogen-bond donors (Lipinski definition) is 2. The van der Waals surface area contributed by atoms with Crippen molar-refractivity contribution >= 4 is 29.3 Å². The van der Waals surface area contributed by atoms with Gasteiger partial charge in [-0.3, -0.25) is 9.36 Å². The van der Waals surface area contributed by atoms with E-state index in [1.807, 2.05) is 0 Å². The van der Waals surface area contributed by atoms with Gasteiger partial charge in [0.25, 0.3) is 0 Å². The number of halogens is 1. The van der Waals surface area contributed by atoms with Crippen LogP contribution in [0.3, 0.4) is 0 Å². The Hall–Kier alpha value is -1.57. The van der Waals surface area contributed by atoms with Crippen molar-refractivity contribution < 1.29 is 15.0 Å². The molecule has 0 aliphatic rings. The number of rotatable bonds is 5. The molecule has 19 heavy (non-hydrogen) atoms. The SMILES string of the molecule is O=C(O)CSc1nnc(CO)n1-c1cccc(Cl)c1. The van der Waals surface area contributed by atoms with Gasteiger partial charge in [0.1, 0.15) is 6.61 Å². The maximum atomic E-state index is 10.6. The molecular weight excluding hydrogens is 290 g/mol. The molecule has 0 saturated heterocycles. The van der Waals surface area contributed by atoms with Crippen molar-refractivity contribution in [2.24, 2.45) is 0 Å². The maximum Gasteiger partial charge on any atom is 0.313 e. The first kappa shape index (κ1) is 13.9. The van der Waals surface area contributed by atoms with Gasteiger partial charge < -0.3 is 10.2 Å². The minimum Gasteiger partial charge on any atom is -0.481 e. The van der Waals surface area contributed by atoms with Crippen molar-refractivity contribution in [3.8, 4) is 5.69 Å². The van der Waals surface area contributed by atoms with E-state index in [4.69, 9.17) is 16.7 Å². The zero-order valence-corrected chi connectivity index (χ0v) is 11.2. The molecule has 0 amide bonds. The van der Waals surface area contributed by atoms with Crippen LogP contribution < -0.4 is 0 Å². The fourth-order valence-corrected chi connectivity index (χ4v) is 2.37. The molecule has 1 aromatic heterocycles. The normalized spacial score (nSPS) is 10.6. The zero-order valence-electron chi connectivity index (χ0n) is 9.65. The van der Waals surface area contributed by atoms with Crippen LogP contribution >= 0.6 is 23.4 Å². The van der Waals surface area contributed by atoms with E-state index in [0.29, 0.717) is 21.7 Å². The van der Waals surface area contributed by atoms with Gasteiger partial charge in [0.15, 0.2) is 11.0 Å². The van der Waals surface area contributed by atoms with Gasteiger partial charge in [-0.05, 0) is 18.2 Å². The minimum absolute atomic E-state index is 0.135. The number of carbonyl (C=O) groups is 1. The van der Waals surface area contributed by atoms with Crippen molar-refractivity contribution in [3.63, 3.8) is 0 Å². The molecule has 0 radical (unpaired) electrons. The second-order valence-electron chi connectivity index (χ2n) is 3.55. The number of hydrogen-bond acceptors (Lipinski definition) is 5. The van der Waals surface area contributed by atoms with Gasteiger partial charge in [0.2, 0.25) is 0 Å². The molecule has 0 spiro atoms. The van der Waals surface area contributed by atoms with Gasteiger partial charge in [-0.2, -0.15) is 0 Å². The summed E-state index contributed by atoms with van der Waals surface area (Å²) < 4.78 is 1.58. The lowest BCUT2D eigenvalue weighted by atomic mass is 10.3. The van der Waals surface area contributed by atoms with Gasteiger partial charge in [-0.15, -0.1) is 10.2 Å². The molecule has 1 heterocycles. The Morgan fingerprint density at radius 1 is 1.42 bits per heavy atom. The highest BCUT2D eigenvalue weighted by atomic mass is 35.5. The summed E-state index contributed by atoms with van der Waals surface area (Å²) >= 11 is 6.95. The monoisotopic (exact) mass is 299 g/mol. The number of carboxylic acids is 1. The Bertz CT molecular complexity index is 603. The quantitative estimate of drug-likeness (QED) is 0.815. The summed E-state index contributed by atoms with van der Waals surface area (Å²) in [5.74, 6) is -0.754. The summed E-state index contributed by atoms with van der Waals surface area (Å²) in [6.45, 7) is -0.298. The van der Waals surface area contributed by atoms with Gasteiger partial charge >= 0.3 is 5.97 Å². The van der Waals surface area contributed by atoms with E-state index >= 15 is 0 Å². The third-order valence-electron chi connectivity index (χ3n) is 2.23. The van der Waals surface area contributed by atoms with E-state index in [-0.39, 0.29) is 12.4 Å². The molecule has 2 aromatic rings. The second kappa shape index (κ2) is 6.05. The third kappa shape index (κ3) is 3.25. The molecule has 8 heteroatoms. The summed E-state index contributed by atoms with van der Waals surface area (Å²) in [4.78, 5) is 10.6. The lowest BCUT2D eigenvalue weighted by molar-refractivity contribution is -0.133. The highest BCUT2D eigenvalue weighted by Crippen LogP contribution is 2.23. The van der Waals surface area contributed by atoms with E-state index in [0.717, 1.165) is 11.8 Å². The van der Waals surface area contributed by atoms with Gasteiger partial charge in [-0.1, -0.05) is 29.4 Å². The highest BCUT2D eigenvalue weighted by molar-refractivity contribution is 7.99. The lowest BCUT2D eigenvalue weighted by Gasteiger charge is -2.08. The first-order chi connectivity index (χ1) is 9.11. The second-order valence-corrected chi connectivity index (χ2v) is 4.93. The molecule has 0 fully saturated rings. The molecule has 0 unspecified atom stereocenters. The number of aromatic nitrogens is 3. The third-order valence-corrected chi connectivity index (χ3v) is 3.38. The van der Waals surface area contributed by atoms with E-state index < -0.39 is 5.97 Å². The highest BCUT2D eigenvalue weighted by Gasteiger charge is 2.15. The van der Waals surface area contributed by atoms with Crippen LogP contribution in [0.15, 0.2) is 29.4 Å².